The number of hydrazine groups is 1. The Hall–Kier alpha value is -1.40. The van der Waals surface area contributed by atoms with E-state index in [0.29, 0.717) is 18.0 Å². The third-order valence-electron chi connectivity index (χ3n) is 3.24. The molecule has 0 aromatic carbocycles. The largest absolute Gasteiger partial charge is 0.378 e. The molecule has 1 aromatic heterocycles. The topological polar surface area (TPSA) is 85.1 Å². The van der Waals surface area contributed by atoms with Gasteiger partial charge in [0, 0.05) is 24.6 Å². The first-order valence-corrected chi connectivity index (χ1v) is 6.82. The Balaban J connectivity index is 2.12. The summed E-state index contributed by atoms with van der Waals surface area (Å²) in [4.78, 5) is 8.89. The van der Waals surface area contributed by atoms with E-state index >= 15 is 0 Å². The standard InChI is InChI=1S/C13H23N5O/c1-8(2)13-16-11(7-12(17-13)18-14)15-10-4-5-19-9(3)6-10/h7-10H,4-6,14H2,1-3H3,(H2,15,16,17,18). The highest BCUT2D eigenvalue weighted by atomic mass is 16.5. The zero-order chi connectivity index (χ0) is 13.8. The first kappa shape index (κ1) is 14.0. The second kappa shape index (κ2) is 6.16. The second-order valence-corrected chi connectivity index (χ2v) is 5.34. The summed E-state index contributed by atoms with van der Waals surface area (Å²) in [5.74, 6) is 7.98. The minimum atomic E-state index is 0.266. The Morgan fingerprint density at radius 3 is 2.74 bits per heavy atom. The number of nitrogen functional groups attached to an aromatic ring is 1. The van der Waals surface area contributed by atoms with Crippen LogP contribution in [0.3, 0.4) is 0 Å². The molecule has 6 nitrogen and oxygen atoms in total. The molecule has 0 aliphatic carbocycles. The summed E-state index contributed by atoms with van der Waals surface area (Å²) >= 11 is 0. The molecule has 6 heteroatoms. The molecule has 4 N–H and O–H groups in total. The molecule has 0 amide bonds. The average molecular weight is 265 g/mol. The summed E-state index contributed by atoms with van der Waals surface area (Å²) in [6, 6.07) is 2.23. The van der Waals surface area contributed by atoms with Crippen molar-refractivity contribution in [1.29, 1.82) is 0 Å². The van der Waals surface area contributed by atoms with Crippen LogP contribution in [-0.4, -0.2) is 28.7 Å². The van der Waals surface area contributed by atoms with Crippen LogP contribution >= 0.6 is 0 Å². The molecule has 19 heavy (non-hydrogen) atoms. The van der Waals surface area contributed by atoms with Crippen molar-refractivity contribution in [3.8, 4) is 0 Å². The van der Waals surface area contributed by atoms with E-state index in [1.807, 2.05) is 6.07 Å². The van der Waals surface area contributed by atoms with E-state index < -0.39 is 0 Å². The van der Waals surface area contributed by atoms with E-state index in [4.69, 9.17) is 10.6 Å². The summed E-state index contributed by atoms with van der Waals surface area (Å²) in [5, 5.41) is 3.45. The lowest BCUT2D eigenvalue weighted by Gasteiger charge is -2.28. The van der Waals surface area contributed by atoms with E-state index in [1.165, 1.54) is 0 Å². The van der Waals surface area contributed by atoms with Gasteiger partial charge in [-0.15, -0.1) is 0 Å². The molecule has 1 aliphatic rings. The fourth-order valence-electron chi connectivity index (χ4n) is 2.21. The van der Waals surface area contributed by atoms with Crippen LogP contribution in [0.25, 0.3) is 0 Å². The van der Waals surface area contributed by atoms with Crippen molar-refractivity contribution in [2.24, 2.45) is 5.84 Å². The maximum atomic E-state index is 5.55. The lowest BCUT2D eigenvalue weighted by Crippen LogP contribution is -2.33. The van der Waals surface area contributed by atoms with Crippen LogP contribution < -0.4 is 16.6 Å². The second-order valence-electron chi connectivity index (χ2n) is 5.34. The van der Waals surface area contributed by atoms with Crippen molar-refractivity contribution in [2.45, 2.75) is 51.7 Å². The van der Waals surface area contributed by atoms with Gasteiger partial charge in [-0.1, -0.05) is 13.8 Å². The Bertz CT molecular complexity index is 423. The molecule has 0 saturated carbocycles. The molecule has 2 unspecified atom stereocenters. The molecule has 1 aromatic rings. The number of anilines is 2. The Kier molecular flexibility index (Phi) is 4.55. The fourth-order valence-corrected chi connectivity index (χ4v) is 2.21. The molecular weight excluding hydrogens is 242 g/mol. The monoisotopic (exact) mass is 265 g/mol. The molecular formula is C13H23N5O. The van der Waals surface area contributed by atoms with Gasteiger partial charge in [0.1, 0.15) is 17.5 Å². The molecule has 1 saturated heterocycles. The maximum Gasteiger partial charge on any atom is 0.145 e. The van der Waals surface area contributed by atoms with Crippen LogP contribution in [0.4, 0.5) is 11.6 Å². The van der Waals surface area contributed by atoms with Crippen molar-refractivity contribution >= 4 is 11.6 Å². The Labute approximate surface area is 114 Å². The number of nitrogens with one attached hydrogen (secondary N) is 2. The van der Waals surface area contributed by atoms with Gasteiger partial charge >= 0.3 is 0 Å². The lowest BCUT2D eigenvalue weighted by atomic mass is 10.0. The van der Waals surface area contributed by atoms with Gasteiger partial charge in [-0.3, -0.25) is 0 Å². The number of rotatable bonds is 4. The van der Waals surface area contributed by atoms with E-state index in [0.717, 1.165) is 31.1 Å². The molecule has 0 bridgehead atoms. The quantitative estimate of drug-likeness (QED) is 0.569. The van der Waals surface area contributed by atoms with Crippen molar-refractivity contribution in [2.75, 3.05) is 17.3 Å². The zero-order valence-electron chi connectivity index (χ0n) is 11.8. The van der Waals surface area contributed by atoms with E-state index in [9.17, 15) is 0 Å². The van der Waals surface area contributed by atoms with Gasteiger partial charge in [0.2, 0.25) is 0 Å². The number of nitrogens with two attached hydrogens (primary N) is 1. The predicted molar refractivity (Wildman–Crippen MR) is 76.0 cm³/mol. The first-order chi connectivity index (χ1) is 9.08. The van der Waals surface area contributed by atoms with Gasteiger partial charge in [0.15, 0.2) is 0 Å². The van der Waals surface area contributed by atoms with Crippen molar-refractivity contribution < 1.29 is 4.74 Å². The predicted octanol–water partition coefficient (Wildman–Crippen LogP) is 1.86. The van der Waals surface area contributed by atoms with Crippen molar-refractivity contribution in [1.82, 2.24) is 9.97 Å². The van der Waals surface area contributed by atoms with Crippen LogP contribution in [-0.2, 0) is 4.74 Å². The molecule has 0 radical (unpaired) electrons. The minimum absolute atomic E-state index is 0.266. The van der Waals surface area contributed by atoms with Crippen LogP contribution in [0.15, 0.2) is 6.07 Å². The minimum Gasteiger partial charge on any atom is -0.378 e. The third-order valence-corrected chi connectivity index (χ3v) is 3.24. The molecule has 106 valence electrons. The zero-order valence-corrected chi connectivity index (χ0v) is 11.8. The fraction of sp³-hybridized carbons (Fsp3) is 0.692. The number of hydrogen-bond acceptors (Lipinski definition) is 6. The molecule has 2 atom stereocenters. The van der Waals surface area contributed by atoms with Gasteiger partial charge in [-0.25, -0.2) is 15.8 Å². The summed E-state index contributed by atoms with van der Waals surface area (Å²) in [5.41, 5.74) is 2.59. The van der Waals surface area contributed by atoms with Gasteiger partial charge in [0.25, 0.3) is 0 Å². The molecule has 2 heterocycles. The third kappa shape index (κ3) is 3.78. The highest BCUT2D eigenvalue weighted by Crippen LogP contribution is 2.21. The van der Waals surface area contributed by atoms with Crippen LogP contribution in [0.1, 0.15) is 45.4 Å². The Morgan fingerprint density at radius 2 is 2.11 bits per heavy atom. The van der Waals surface area contributed by atoms with E-state index in [-0.39, 0.29) is 5.92 Å². The van der Waals surface area contributed by atoms with E-state index in [1.54, 1.807) is 0 Å². The number of nitrogens with zero attached hydrogens (tertiary/aromatic N) is 2. The number of hydrogen-bond donors (Lipinski definition) is 3. The molecule has 0 spiro atoms. The first-order valence-electron chi connectivity index (χ1n) is 6.82. The van der Waals surface area contributed by atoms with Gasteiger partial charge < -0.3 is 15.5 Å². The molecule has 1 fully saturated rings. The van der Waals surface area contributed by atoms with Gasteiger partial charge in [-0.2, -0.15) is 0 Å². The lowest BCUT2D eigenvalue weighted by molar-refractivity contribution is 0.0232. The smallest absolute Gasteiger partial charge is 0.145 e. The summed E-state index contributed by atoms with van der Waals surface area (Å²) in [7, 11) is 0. The highest BCUT2D eigenvalue weighted by molar-refractivity contribution is 5.47. The van der Waals surface area contributed by atoms with Crippen LogP contribution in [0, 0.1) is 0 Å². The summed E-state index contributed by atoms with van der Waals surface area (Å²) < 4.78 is 5.55. The number of ether oxygens (including phenoxy) is 1. The molecule has 1 aliphatic heterocycles. The van der Waals surface area contributed by atoms with Crippen molar-refractivity contribution in [3.63, 3.8) is 0 Å². The SMILES string of the molecule is CC1CC(Nc2cc(NN)nc(C(C)C)n2)CCO1. The van der Waals surface area contributed by atoms with E-state index in [2.05, 4.69) is 41.5 Å². The van der Waals surface area contributed by atoms with Crippen LogP contribution in [0.2, 0.25) is 0 Å². The maximum absolute atomic E-state index is 5.55. The summed E-state index contributed by atoms with van der Waals surface area (Å²) in [6.07, 6.45) is 2.29. The normalized spacial score (nSPS) is 23.4. The average Bonchev–Trinajstić information content (AvgIpc) is 2.38. The van der Waals surface area contributed by atoms with Gasteiger partial charge in [-0.05, 0) is 19.8 Å². The highest BCUT2D eigenvalue weighted by Gasteiger charge is 2.20. The Morgan fingerprint density at radius 1 is 1.37 bits per heavy atom. The number of aromatic nitrogens is 2. The van der Waals surface area contributed by atoms with Gasteiger partial charge in [0.05, 0.1) is 6.10 Å². The van der Waals surface area contributed by atoms with Crippen molar-refractivity contribution in [3.05, 3.63) is 11.9 Å². The van der Waals surface area contributed by atoms with Crippen LogP contribution in [0.5, 0.6) is 0 Å². The summed E-state index contributed by atoms with van der Waals surface area (Å²) in [6.45, 7) is 7.02. The molecule has 2 rings (SSSR count).